The third-order valence-corrected chi connectivity index (χ3v) is 4.41. The molecule has 2 aromatic rings. The van der Waals surface area contributed by atoms with Crippen LogP contribution in [0.3, 0.4) is 0 Å². The van der Waals surface area contributed by atoms with Crippen LogP contribution in [0.15, 0.2) is 60.7 Å². The first-order chi connectivity index (χ1) is 14.8. The van der Waals surface area contributed by atoms with Gasteiger partial charge in [0, 0.05) is 13.1 Å². The van der Waals surface area contributed by atoms with Crippen molar-refractivity contribution in [2.45, 2.75) is 58.7 Å². The third kappa shape index (κ3) is 11.1. The Labute approximate surface area is 186 Å². The summed E-state index contributed by atoms with van der Waals surface area (Å²) in [6, 6.07) is 20.5. The Morgan fingerprint density at radius 1 is 0.871 bits per heavy atom. The van der Waals surface area contributed by atoms with Crippen LogP contribution in [-0.4, -0.2) is 43.7 Å². The fourth-order valence-corrected chi connectivity index (χ4v) is 2.80. The molecule has 6 nitrogen and oxygen atoms in total. The Bertz CT molecular complexity index is 704. The maximum Gasteiger partial charge on any atom is 0.335 e. The van der Waals surface area contributed by atoms with E-state index >= 15 is 0 Å². The molecule has 31 heavy (non-hydrogen) atoms. The van der Waals surface area contributed by atoms with E-state index < -0.39 is 11.7 Å². The molecule has 2 N–H and O–H groups in total. The standard InChI is InChI=1S/C25H36N2O4/c1-20(24(28)31-25(2,3)4)30-16-15-29-19-23(26-17-21-11-7-5-8-12-21)27-18-22-13-9-6-10-14-22/h5-14,20,23,26-27H,15-19H2,1-4H3. The van der Waals surface area contributed by atoms with E-state index in [2.05, 4.69) is 34.9 Å². The topological polar surface area (TPSA) is 68.8 Å². The van der Waals surface area contributed by atoms with Gasteiger partial charge in [-0.15, -0.1) is 0 Å². The molecule has 0 saturated carbocycles. The van der Waals surface area contributed by atoms with E-state index in [0.717, 1.165) is 13.1 Å². The van der Waals surface area contributed by atoms with Gasteiger partial charge in [0.2, 0.25) is 0 Å². The molecule has 0 aliphatic rings. The molecule has 0 fully saturated rings. The molecular formula is C25H36N2O4. The van der Waals surface area contributed by atoms with Crippen molar-refractivity contribution in [2.24, 2.45) is 0 Å². The predicted molar refractivity (Wildman–Crippen MR) is 122 cm³/mol. The van der Waals surface area contributed by atoms with Crippen molar-refractivity contribution < 1.29 is 19.0 Å². The molecule has 2 aromatic carbocycles. The Hall–Kier alpha value is -2.25. The van der Waals surface area contributed by atoms with E-state index in [0.29, 0.717) is 19.8 Å². The molecule has 170 valence electrons. The molecule has 0 spiro atoms. The molecule has 0 bridgehead atoms. The first kappa shape index (κ1) is 25.0. The number of benzene rings is 2. The van der Waals surface area contributed by atoms with E-state index in [1.807, 2.05) is 57.2 Å². The van der Waals surface area contributed by atoms with Crippen LogP contribution in [0.2, 0.25) is 0 Å². The van der Waals surface area contributed by atoms with Crippen molar-refractivity contribution in [1.82, 2.24) is 10.6 Å². The van der Waals surface area contributed by atoms with Crippen molar-refractivity contribution >= 4 is 5.97 Å². The molecule has 6 heteroatoms. The summed E-state index contributed by atoms with van der Waals surface area (Å²) in [5, 5.41) is 7.00. The average Bonchev–Trinajstić information content (AvgIpc) is 2.75. The second kappa shape index (κ2) is 13.2. The first-order valence-corrected chi connectivity index (χ1v) is 10.8. The van der Waals surface area contributed by atoms with Crippen LogP contribution in [0.5, 0.6) is 0 Å². The number of rotatable bonds is 13. The Morgan fingerprint density at radius 2 is 1.39 bits per heavy atom. The molecular weight excluding hydrogens is 392 g/mol. The van der Waals surface area contributed by atoms with Crippen LogP contribution in [0.4, 0.5) is 0 Å². The van der Waals surface area contributed by atoms with Crippen LogP contribution in [-0.2, 0) is 32.1 Å². The number of esters is 1. The summed E-state index contributed by atoms with van der Waals surface area (Å²) < 4.78 is 16.7. The molecule has 0 amide bonds. The molecule has 0 saturated heterocycles. The minimum absolute atomic E-state index is 0.0244. The molecule has 0 heterocycles. The first-order valence-electron chi connectivity index (χ1n) is 10.8. The SMILES string of the molecule is CC(OCCOCC(NCc1ccccc1)NCc1ccccc1)C(=O)OC(C)(C)C. The highest BCUT2D eigenvalue weighted by atomic mass is 16.6. The summed E-state index contributed by atoms with van der Waals surface area (Å²) in [7, 11) is 0. The largest absolute Gasteiger partial charge is 0.458 e. The van der Waals surface area contributed by atoms with Gasteiger partial charge in [-0.2, -0.15) is 0 Å². The Balaban J connectivity index is 1.74. The van der Waals surface area contributed by atoms with Gasteiger partial charge >= 0.3 is 5.97 Å². The molecule has 0 aliphatic carbocycles. The van der Waals surface area contributed by atoms with Gasteiger partial charge < -0.3 is 14.2 Å². The summed E-state index contributed by atoms with van der Waals surface area (Å²) in [5.74, 6) is -0.362. The number of ether oxygens (including phenoxy) is 3. The monoisotopic (exact) mass is 428 g/mol. The minimum Gasteiger partial charge on any atom is -0.458 e. The van der Waals surface area contributed by atoms with Gasteiger partial charge in [0.25, 0.3) is 0 Å². The summed E-state index contributed by atoms with van der Waals surface area (Å²) >= 11 is 0. The zero-order chi connectivity index (χ0) is 22.5. The third-order valence-electron chi connectivity index (χ3n) is 4.41. The number of carbonyl (C=O) groups is 1. The van der Waals surface area contributed by atoms with E-state index in [1.54, 1.807) is 6.92 Å². The van der Waals surface area contributed by atoms with Gasteiger partial charge in [-0.05, 0) is 38.8 Å². The lowest BCUT2D eigenvalue weighted by Crippen LogP contribution is -2.45. The lowest BCUT2D eigenvalue weighted by Gasteiger charge is -2.23. The van der Waals surface area contributed by atoms with Gasteiger partial charge in [0.05, 0.1) is 26.0 Å². The number of hydrogen-bond acceptors (Lipinski definition) is 6. The molecule has 1 unspecified atom stereocenters. The molecule has 0 aromatic heterocycles. The zero-order valence-corrected chi connectivity index (χ0v) is 19.1. The van der Waals surface area contributed by atoms with Crippen LogP contribution < -0.4 is 10.6 Å². The van der Waals surface area contributed by atoms with Crippen LogP contribution in [0, 0.1) is 0 Å². The smallest absolute Gasteiger partial charge is 0.335 e. The highest BCUT2D eigenvalue weighted by Gasteiger charge is 2.22. The quantitative estimate of drug-likeness (QED) is 0.288. The van der Waals surface area contributed by atoms with Gasteiger partial charge in [-0.3, -0.25) is 10.6 Å². The summed E-state index contributed by atoms with van der Waals surface area (Å²) in [6.07, 6.45) is -0.644. The fourth-order valence-electron chi connectivity index (χ4n) is 2.80. The van der Waals surface area contributed by atoms with Gasteiger partial charge in [0.1, 0.15) is 5.60 Å². The van der Waals surface area contributed by atoms with Crippen molar-refractivity contribution in [3.63, 3.8) is 0 Å². The molecule has 1 atom stereocenters. The van der Waals surface area contributed by atoms with Crippen molar-refractivity contribution in [3.8, 4) is 0 Å². The van der Waals surface area contributed by atoms with Crippen molar-refractivity contribution in [1.29, 1.82) is 0 Å². The normalized spacial score (nSPS) is 12.7. The maximum atomic E-state index is 12.0. The van der Waals surface area contributed by atoms with Crippen LogP contribution in [0.1, 0.15) is 38.8 Å². The zero-order valence-electron chi connectivity index (χ0n) is 19.1. The van der Waals surface area contributed by atoms with E-state index in [1.165, 1.54) is 11.1 Å². The fraction of sp³-hybridized carbons (Fsp3) is 0.480. The molecule has 0 aliphatic heterocycles. The van der Waals surface area contributed by atoms with Gasteiger partial charge in [-0.1, -0.05) is 60.7 Å². The van der Waals surface area contributed by atoms with Crippen molar-refractivity contribution in [2.75, 3.05) is 19.8 Å². The number of carbonyl (C=O) groups excluding carboxylic acids is 1. The van der Waals surface area contributed by atoms with Crippen LogP contribution in [0.25, 0.3) is 0 Å². The lowest BCUT2D eigenvalue weighted by atomic mass is 10.2. The second-order valence-electron chi connectivity index (χ2n) is 8.41. The van der Waals surface area contributed by atoms with Gasteiger partial charge in [0.15, 0.2) is 6.10 Å². The van der Waals surface area contributed by atoms with Gasteiger partial charge in [-0.25, -0.2) is 4.79 Å². The predicted octanol–water partition coefficient (Wildman–Crippen LogP) is 3.66. The Kier molecular flexibility index (Phi) is 10.7. The lowest BCUT2D eigenvalue weighted by molar-refractivity contribution is -0.168. The molecule has 2 rings (SSSR count). The molecule has 0 radical (unpaired) electrons. The van der Waals surface area contributed by atoms with E-state index in [4.69, 9.17) is 14.2 Å². The highest BCUT2D eigenvalue weighted by Crippen LogP contribution is 2.09. The highest BCUT2D eigenvalue weighted by molar-refractivity contribution is 5.74. The second-order valence-corrected chi connectivity index (χ2v) is 8.41. The van der Waals surface area contributed by atoms with Crippen molar-refractivity contribution in [3.05, 3.63) is 71.8 Å². The summed E-state index contributed by atoms with van der Waals surface area (Å²) in [6.45, 7) is 9.88. The minimum atomic E-state index is -0.619. The Morgan fingerprint density at radius 3 is 1.87 bits per heavy atom. The van der Waals surface area contributed by atoms with E-state index in [9.17, 15) is 4.79 Å². The maximum absolute atomic E-state index is 12.0. The van der Waals surface area contributed by atoms with E-state index in [-0.39, 0.29) is 12.1 Å². The summed E-state index contributed by atoms with van der Waals surface area (Å²) in [4.78, 5) is 12.0. The average molecular weight is 429 g/mol. The number of nitrogens with one attached hydrogen (secondary N) is 2. The van der Waals surface area contributed by atoms with Crippen LogP contribution >= 0.6 is 0 Å². The summed E-state index contributed by atoms with van der Waals surface area (Å²) in [5.41, 5.74) is 1.90. The number of hydrogen-bond donors (Lipinski definition) is 2.